The first-order valence-electron chi connectivity index (χ1n) is 7.76. The zero-order valence-electron chi connectivity index (χ0n) is 13.8. The van der Waals surface area contributed by atoms with Crippen molar-refractivity contribution in [1.82, 2.24) is 14.5 Å². The summed E-state index contributed by atoms with van der Waals surface area (Å²) in [5.41, 5.74) is 1.17. The summed E-state index contributed by atoms with van der Waals surface area (Å²) in [5, 5.41) is 0.662. The number of hydrogen-bond donors (Lipinski definition) is 0. The van der Waals surface area contributed by atoms with E-state index in [0.717, 1.165) is 43.3 Å². The first-order chi connectivity index (χ1) is 11.1. The number of nitrogens with zero attached hydrogens (tertiary/aromatic N) is 3. The first-order valence-corrected chi connectivity index (χ1v) is 8.14. The molecule has 0 N–H and O–H groups in total. The minimum absolute atomic E-state index is 0.301. The van der Waals surface area contributed by atoms with Crippen molar-refractivity contribution < 1.29 is 9.47 Å². The topological polar surface area (TPSA) is 39.5 Å². The Labute approximate surface area is 141 Å². The lowest BCUT2D eigenvalue weighted by Gasteiger charge is -2.26. The zero-order valence-corrected chi connectivity index (χ0v) is 14.5. The largest absolute Gasteiger partial charge is 0.497 e. The highest BCUT2D eigenvalue weighted by Crippen LogP contribution is 2.39. The van der Waals surface area contributed by atoms with Gasteiger partial charge in [-0.3, -0.25) is 4.90 Å². The fourth-order valence-electron chi connectivity index (χ4n) is 3.22. The standard InChI is InChI=1S/C17H22ClN3O2/c1-20-16(18)10-19-17(20)11-21-8-4-5-14(21)13-9-12(22-2)6-7-15(13)23-3/h6-7,9-10,14H,4-5,8,11H2,1-3H3/t14-/m0/s1. The molecule has 2 aromatic rings. The van der Waals surface area contributed by atoms with Gasteiger partial charge in [-0.25, -0.2) is 4.98 Å². The average Bonchev–Trinajstić information content (AvgIpc) is 3.16. The Balaban J connectivity index is 1.88. The molecule has 5 nitrogen and oxygen atoms in total. The third kappa shape index (κ3) is 3.16. The van der Waals surface area contributed by atoms with E-state index in [9.17, 15) is 0 Å². The fraction of sp³-hybridized carbons (Fsp3) is 0.471. The van der Waals surface area contributed by atoms with Gasteiger partial charge in [0.05, 0.1) is 27.0 Å². The number of ether oxygens (including phenoxy) is 2. The summed E-state index contributed by atoms with van der Waals surface area (Å²) < 4.78 is 12.9. The fourth-order valence-corrected chi connectivity index (χ4v) is 3.37. The van der Waals surface area contributed by atoms with Crippen LogP contribution in [-0.2, 0) is 13.6 Å². The smallest absolute Gasteiger partial charge is 0.128 e. The molecule has 0 bridgehead atoms. The van der Waals surface area contributed by atoms with Gasteiger partial charge in [0.25, 0.3) is 0 Å². The summed E-state index contributed by atoms with van der Waals surface area (Å²) in [7, 11) is 5.35. The molecule has 1 aromatic heterocycles. The van der Waals surface area contributed by atoms with Gasteiger partial charge in [-0.15, -0.1) is 0 Å². The van der Waals surface area contributed by atoms with Crippen molar-refractivity contribution in [1.29, 1.82) is 0 Å². The van der Waals surface area contributed by atoms with Gasteiger partial charge < -0.3 is 14.0 Å². The van der Waals surface area contributed by atoms with Gasteiger partial charge in [0.2, 0.25) is 0 Å². The van der Waals surface area contributed by atoms with E-state index in [4.69, 9.17) is 21.1 Å². The average molecular weight is 336 g/mol. The van der Waals surface area contributed by atoms with Crippen LogP contribution < -0.4 is 9.47 Å². The summed E-state index contributed by atoms with van der Waals surface area (Å²) in [6.07, 6.45) is 3.96. The summed E-state index contributed by atoms with van der Waals surface area (Å²) in [4.78, 5) is 6.84. The maximum Gasteiger partial charge on any atom is 0.128 e. The van der Waals surface area contributed by atoms with Crippen molar-refractivity contribution in [2.75, 3.05) is 20.8 Å². The van der Waals surface area contributed by atoms with Gasteiger partial charge in [-0.1, -0.05) is 11.6 Å². The molecule has 0 unspecified atom stereocenters. The first kappa shape index (κ1) is 16.1. The van der Waals surface area contributed by atoms with E-state index in [1.807, 2.05) is 23.7 Å². The second-order valence-corrected chi connectivity index (χ2v) is 6.18. The molecule has 1 atom stereocenters. The van der Waals surface area contributed by atoms with Crippen molar-refractivity contribution in [3.8, 4) is 11.5 Å². The van der Waals surface area contributed by atoms with Crippen molar-refractivity contribution in [2.24, 2.45) is 7.05 Å². The molecule has 2 heterocycles. The van der Waals surface area contributed by atoms with Crippen LogP contribution in [0.5, 0.6) is 11.5 Å². The molecule has 1 fully saturated rings. The van der Waals surface area contributed by atoms with Crippen molar-refractivity contribution >= 4 is 11.6 Å². The molecule has 0 aliphatic carbocycles. The zero-order chi connectivity index (χ0) is 16.4. The molecule has 124 valence electrons. The molecule has 0 radical (unpaired) electrons. The molecule has 1 saturated heterocycles. The Kier molecular flexibility index (Phi) is 4.78. The van der Waals surface area contributed by atoms with E-state index in [1.165, 1.54) is 5.56 Å². The maximum atomic E-state index is 6.10. The molecule has 0 spiro atoms. The lowest BCUT2D eigenvalue weighted by atomic mass is 10.0. The van der Waals surface area contributed by atoms with E-state index >= 15 is 0 Å². The molecule has 1 aliphatic heterocycles. The third-order valence-electron chi connectivity index (χ3n) is 4.53. The second-order valence-electron chi connectivity index (χ2n) is 5.79. The Hall–Kier alpha value is -1.72. The monoisotopic (exact) mass is 335 g/mol. The maximum absolute atomic E-state index is 6.10. The van der Waals surface area contributed by atoms with Crippen molar-refractivity contribution in [3.63, 3.8) is 0 Å². The Morgan fingerprint density at radius 2 is 2.13 bits per heavy atom. The van der Waals surface area contributed by atoms with Crippen LogP contribution in [0.25, 0.3) is 0 Å². The normalized spacial score (nSPS) is 18.3. The van der Waals surface area contributed by atoms with Crippen LogP contribution in [0.3, 0.4) is 0 Å². The lowest BCUT2D eigenvalue weighted by molar-refractivity contribution is 0.234. The van der Waals surface area contributed by atoms with Crippen LogP contribution in [0.2, 0.25) is 5.15 Å². The number of benzene rings is 1. The number of rotatable bonds is 5. The van der Waals surface area contributed by atoms with Gasteiger partial charge in [-0.2, -0.15) is 0 Å². The van der Waals surface area contributed by atoms with Crippen LogP contribution in [0.4, 0.5) is 0 Å². The van der Waals surface area contributed by atoms with Crippen LogP contribution in [0.1, 0.15) is 30.3 Å². The van der Waals surface area contributed by atoms with Gasteiger partial charge >= 0.3 is 0 Å². The van der Waals surface area contributed by atoms with Gasteiger partial charge in [0.15, 0.2) is 0 Å². The second kappa shape index (κ2) is 6.81. The molecular formula is C17H22ClN3O2. The third-order valence-corrected chi connectivity index (χ3v) is 4.88. The molecule has 23 heavy (non-hydrogen) atoms. The van der Waals surface area contributed by atoms with Crippen LogP contribution >= 0.6 is 11.6 Å². The number of aromatic nitrogens is 2. The van der Waals surface area contributed by atoms with Gasteiger partial charge in [-0.05, 0) is 37.6 Å². The number of halogens is 1. The molecule has 1 aliphatic rings. The van der Waals surface area contributed by atoms with Gasteiger partial charge in [0, 0.05) is 18.7 Å². The summed E-state index contributed by atoms with van der Waals surface area (Å²) in [5.74, 6) is 2.73. The van der Waals surface area contributed by atoms with E-state index in [1.54, 1.807) is 20.4 Å². The minimum atomic E-state index is 0.301. The van der Waals surface area contributed by atoms with Crippen LogP contribution in [0.15, 0.2) is 24.4 Å². The Morgan fingerprint density at radius 3 is 2.78 bits per heavy atom. The number of likely N-dealkylation sites (tertiary alicyclic amines) is 1. The molecule has 6 heteroatoms. The number of methoxy groups -OCH3 is 2. The summed E-state index contributed by atoms with van der Waals surface area (Å²) >= 11 is 6.10. The molecule has 3 rings (SSSR count). The SMILES string of the molecule is COc1ccc(OC)c([C@@H]2CCCN2Cc2ncc(Cl)n2C)c1. The van der Waals surface area contributed by atoms with Crippen LogP contribution in [0, 0.1) is 0 Å². The predicted molar refractivity (Wildman–Crippen MR) is 90.1 cm³/mol. The highest BCUT2D eigenvalue weighted by atomic mass is 35.5. The van der Waals surface area contributed by atoms with E-state index in [-0.39, 0.29) is 0 Å². The molecule has 1 aromatic carbocycles. The van der Waals surface area contributed by atoms with Crippen molar-refractivity contribution in [3.05, 3.63) is 40.9 Å². The highest BCUT2D eigenvalue weighted by molar-refractivity contribution is 6.29. The van der Waals surface area contributed by atoms with E-state index < -0.39 is 0 Å². The quantitative estimate of drug-likeness (QED) is 0.839. The molecule has 0 saturated carbocycles. The highest BCUT2D eigenvalue weighted by Gasteiger charge is 2.29. The van der Waals surface area contributed by atoms with E-state index in [2.05, 4.69) is 16.0 Å². The van der Waals surface area contributed by atoms with Crippen LogP contribution in [-0.4, -0.2) is 35.2 Å². The minimum Gasteiger partial charge on any atom is -0.497 e. The lowest BCUT2D eigenvalue weighted by Crippen LogP contribution is -2.24. The predicted octanol–water partition coefficient (Wildman–Crippen LogP) is 3.43. The number of hydrogen-bond acceptors (Lipinski definition) is 4. The molecule has 0 amide bonds. The van der Waals surface area contributed by atoms with Gasteiger partial charge in [0.1, 0.15) is 22.5 Å². The Morgan fingerprint density at radius 1 is 1.30 bits per heavy atom. The summed E-state index contributed by atoms with van der Waals surface area (Å²) in [6.45, 7) is 1.81. The number of imidazole rings is 1. The molecular weight excluding hydrogens is 314 g/mol. The Bertz CT molecular complexity index is 686. The van der Waals surface area contributed by atoms with E-state index in [0.29, 0.717) is 11.2 Å². The van der Waals surface area contributed by atoms with Crippen molar-refractivity contribution in [2.45, 2.75) is 25.4 Å². The summed E-state index contributed by atoms with van der Waals surface area (Å²) in [6, 6.07) is 6.28.